The van der Waals surface area contributed by atoms with Crippen LogP contribution >= 0.6 is 11.8 Å². The Balaban J connectivity index is 1.93. The Labute approximate surface area is 132 Å². The van der Waals surface area contributed by atoms with Gasteiger partial charge in [-0.1, -0.05) is 17.8 Å². The Kier molecular flexibility index (Phi) is 5.65. The molecular weight excluding hydrogens is 306 g/mol. The average Bonchev–Trinajstić information content (AvgIpc) is 2.86. The van der Waals surface area contributed by atoms with Gasteiger partial charge in [0.1, 0.15) is 18.1 Å². The third-order valence-corrected chi connectivity index (χ3v) is 3.90. The number of carboxylic acid groups (broad SMARTS) is 1. The van der Waals surface area contributed by atoms with Gasteiger partial charge in [-0.15, -0.1) is 10.2 Å². The van der Waals surface area contributed by atoms with Crippen molar-refractivity contribution in [2.45, 2.75) is 18.2 Å². The number of hydrogen-bond donors (Lipinski definition) is 1. The molecule has 0 aliphatic carbocycles. The summed E-state index contributed by atoms with van der Waals surface area (Å²) in [6, 6.07) is 7.31. The van der Waals surface area contributed by atoms with Crippen molar-refractivity contribution >= 4 is 17.7 Å². The van der Waals surface area contributed by atoms with Crippen molar-refractivity contribution in [3.05, 3.63) is 30.1 Å². The minimum atomic E-state index is -0.823. The van der Waals surface area contributed by atoms with E-state index in [1.54, 1.807) is 17.7 Å². The lowest BCUT2D eigenvalue weighted by Gasteiger charge is -2.07. The second-order valence-electron chi connectivity index (χ2n) is 4.42. The summed E-state index contributed by atoms with van der Waals surface area (Å²) < 4.78 is 12.6. The summed E-state index contributed by atoms with van der Waals surface area (Å²) >= 11 is 1.36. The predicted molar refractivity (Wildman–Crippen MR) is 81.3 cm³/mol. The van der Waals surface area contributed by atoms with E-state index in [0.717, 1.165) is 5.75 Å². The molecule has 0 amide bonds. The quantitative estimate of drug-likeness (QED) is 0.743. The number of hydrogen-bond acceptors (Lipinski definition) is 6. The topological polar surface area (TPSA) is 86.5 Å². The first-order valence-electron chi connectivity index (χ1n) is 6.60. The molecule has 0 spiro atoms. The van der Waals surface area contributed by atoms with Gasteiger partial charge in [-0.25, -0.2) is 0 Å². The lowest BCUT2D eigenvalue weighted by molar-refractivity contribution is -0.136. The van der Waals surface area contributed by atoms with Gasteiger partial charge in [0.05, 0.1) is 13.5 Å². The van der Waals surface area contributed by atoms with Crippen LogP contribution < -0.4 is 9.47 Å². The van der Waals surface area contributed by atoms with Crippen LogP contribution in [-0.2, 0) is 18.4 Å². The maximum Gasteiger partial charge on any atom is 0.304 e. The Hall–Kier alpha value is -2.22. The van der Waals surface area contributed by atoms with E-state index in [1.165, 1.54) is 11.8 Å². The number of aliphatic carboxylic acids is 1. The fraction of sp³-hybridized carbons (Fsp3) is 0.357. The SMILES string of the molecule is COc1cccc(OCc2nnc(SCCC(=O)O)n2C)c1. The minimum absolute atomic E-state index is 0.0904. The molecule has 0 bridgehead atoms. The summed E-state index contributed by atoms with van der Waals surface area (Å²) in [6.07, 6.45) is 0.0904. The highest BCUT2D eigenvalue weighted by atomic mass is 32.2. The van der Waals surface area contributed by atoms with E-state index in [2.05, 4.69) is 10.2 Å². The van der Waals surface area contributed by atoms with Crippen molar-refractivity contribution in [3.63, 3.8) is 0 Å². The molecule has 22 heavy (non-hydrogen) atoms. The van der Waals surface area contributed by atoms with E-state index >= 15 is 0 Å². The number of nitrogens with zero attached hydrogens (tertiary/aromatic N) is 3. The van der Waals surface area contributed by atoms with Gasteiger partial charge >= 0.3 is 5.97 Å². The van der Waals surface area contributed by atoms with Crippen LogP contribution in [-0.4, -0.2) is 38.7 Å². The fourth-order valence-electron chi connectivity index (χ4n) is 1.66. The molecule has 0 atom stereocenters. The van der Waals surface area contributed by atoms with E-state index in [9.17, 15) is 4.79 Å². The zero-order valence-electron chi connectivity index (χ0n) is 12.4. The molecule has 0 aliphatic heterocycles. The van der Waals surface area contributed by atoms with Crippen LogP contribution in [0, 0.1) is 0 Å². The molecule has 2 aromatic rings. The molecule has 1 N–H and O–H groups in total. The molecule has 1 heterocycles. The number of methoxy groups -OCH3 is 1. The smallest absolute Gasteiger partial charge is 0.304 e. The summed E-state index contributed by atoms with van der Waals surface area (Å²) in [5.41, 5.74) is 0. The van der Waals surface area contributed by atoms with Gasteiger partial charge in [0.15, 0.2) is 11.0 Å². The third kappa shape index (κ3) is 4.39. The zero-order chi connectivity index (χ0) is 15.9. The van der Waals surface area contributed by atoms with Gasteiger partial charge < -0.3 is 19.1 Å². The third-order valence-electron chi connectivity index (χ3n) is 2.88. The van der Waals surface area contributed by atoms with Crippen LogP contribution in [0.3, 0.4) is 0 Å². The first-order chi connectivity index (χ1) is 10.6. The van der Waals surface area contributed by atoms with Crippen molar-refractivity contribution in [3.8, 4) is 11.5 Å². The average molecular weight is 323 g/mol. The lowest BCUT2D eigenvalue weighted by Crippen LogP contribution is -2.04. The summed E-state index contributed by atoms with van der Waals surface area (Å²) in [7, 11) is 3.43. The first kappa shape index (κ1) is 16.2. The Morgan fingerprint density at radius 1 is 1.36 bits per heavy atom. The molecule has 118 valence electrons. The Morgan fingerprint density at radius 3 is 2.86 bits per heavy atom. The summed E-state index contributed by atoms with van der Waals surface area (Å²) in [5.74, 6) is 1.71. The number of carboxylic acids is 1. The molecule has 0 radical (unpaired) electrons. The molecule has 0 unspecified atom stereocenters. The van der Waals surface area contributed by atoms with Gasteiger partial charge in [0, 0.05) is 18.9 Å². The maximum atomic E-state index is 10.5. The summed E-state index contributed by atoms with van der Waals surface area (Å²) in [6.45, 7) is 0.274. The van der Waals surface area contributed by atoms with E-state index in [4.69, 9.17) is 14.6 Å². The summed E-state index contributed by atoms with van der Waals surface area (Å²) in [4.78, 5) is 10.5. The number of aromatic nitrogens is 3. The number of ether oxygens (including phenoxy) is 2. The molecule has 1 aromatic carbocycles. The second-order valence-corrected chi connectivity index (χ2v) is 5.48. The van der Waals surface area contributed by atoms with Crippen molar-refractivity contribution < 1.29 is 19.4 Å². The minimum Gasteiger partial charge on any atom is -0.497 e. The molecule has 1 aromatic heterocycles. The molecule has 0 saturated heterocycles. The standard InChI is InChI=1S/C14H17N3O4S/c1-17-12(15-16-14(17)22-7-6-13(18)19)9-21-11-5-3-4-10(8-11)20-2/h3-5,8H,6-7,9H2,1-2H3,(H,18,19). The van der Waals surface area contributed by atoms with Gasteiger partial charge in [-0.05, 0) is 12.1 Å². The highest BCUT2D eigenvalue weighted by Crippen LogP contribution is 2.21. The maximum absolute atomic E-state index is 10.5. The Morgan fingerprint density at radius 2 is 2.14 bits per heavy atom. The highest BCUT2D eigenvalue weighted by Gasteiger charge is 2.10. The largest absolute Gasteiger partial charge is 0.497 e. The second kappa shape index (κ2) is 7.69. The molecule has 0 aliphatic rings. The van der Waals surface area contributed by atoms with Crippen LogP contribution in [0.4, 0.5) is 0 Å². The molecule has 7 nitrogen and oxygen atoms in total. The van der Waals surface area contributed by atoms with Crippen LogP contribution in [0.1, 0.15) is 12.2 Å². The van der Waals surface area contributed by atoms with Crippen molar-refractivity contribution in [1.29, 1.82) is 0 Å². The van der Waals surface area contributed by atoms with Crippen molar-refractivity contribution in [1.82, 2.24) is 14.8 Å². The van der Waals surface area contributed by atoms with E-state index in [1.807, 2.05) is 25.2 Å². The fourth-order valence-corrected chi connectivity index (χ4v) is 2.52. The van der Waals surface area contributed by atoms with Crippen LogP contribution in [0.2, 0.25) is 0 Å². The van der Waals surface area contributed by atoms with E-state index in [0.29, 0.717) is 22.5 Å². The zero-order valence-corrected chi connectivity index (χ0v) is 13.2. The van der Waals surface area contributed by atoms with E-state index < -0.39 is 5.97 Å². The van der Waals surface area contributed by atoms with Gasteiger partial charge in [0.2, 0.25) is 0 Å². The summed E-state index contributed by atoms with van der Waals surface area (Å²) in [5, 5.41) is 17.4. The monoisotopic (exact) mass is 323 g/mol. The van der Waals surface area contributed by atoms with Gasteiger partial charge in [-0.2, -0.15) is 0 Å². The van der Waals surface area contributed by atoms with Crippen LogP contribution in [0.5, 0.6) is 11.5 Å². The van der Waals surface area contributed by atoms with Gasteiger partial charge in [0.25, 0.3) is 0 Å². The molecule has 8 heteroatoms. The number of benzene rings is 1. The normalized spacial score (nSPS) is 10.5. The van der Waals surface area contributed by atoms with Crippen molar-refractivity contribution in [2.24, 2.45) is 7.05 Å². The first-order valence-corrected chi connectivity index (χ1v) is 7.58. The Bertz CT molecular complexity index is 645. The molecular formula is C14H17N3O4S. The van der Waals surface area contributed by atoms with Crippen LogP contribution in [0.15, 0.2) is 29.4 Å². The van der Waals surface area contributed by atoms with Crippen molar-refractivity contribution in [2.75, 3.05) is 12.9 Å². The van der Waals surface area contributed by atoms with Gasteiger partial charge in [-0.3, -0.25) is 4.79 Å². The molecule has 0 fully saturated rings. The van der Waals surface area contributed by atoms with E-state index in [-0.39, 0.29) is 13.0 Å². The molecule has 2 rings (SSSR count). The number of rotatable bonds is 8. The van der Waals surface area contributed by atoms with Crippen LogP contribution in [0.25, 0.3) is 0 Å². The number of carbonyl (C=O) groups is 1. The molecule has 0 saturated carbocycles. The lowest BCUT2D eigenvalue weighted by atomic mass is 10.3. The highest BCUT2D eigenvalue weighted by molar-refractivity contribution is 7.99. The number of thioether (sulfide) groups is 1. The predicted octanol–water partition coefficient (Wildman–Crippen LogP) is 1.97.